The van der Waals surface area contributed by atoms with Crippen LogP contribution in [-0.2, 0) is 0 Å². The maximum Gasteiger partial charge on any atom is 0.0702 e. The van der Waals surface area contributed by atoms with Gasteiger partial charge in [-0.2, -0.15) is 0 Å². The van der Waals surface area contributed by atoms with Crippen LogP contribution < -0.4 is 5.73 Å². The number of hydrogen-bond acceptors (Lipinski definition) is 1. The van der Waals surface area contributed by atoms with Crippen molar-refractivity contribution in [1.82, 2.24) is 4.57 Å². The third-order valence-corrected chi connectivity index (χ3v) is 2.99. The van der Waals surface area contributed by atoms with Crippen LogP contribution in [0.2, 0.25) is 0 Å². The summed E-state index contributed by atoms with van der Waals surface area (Å²) < 4.78 is 3.22. The van der Waals surface area contributed by atoms with Gasteiger partial charge in [0.25, 0.3) is 0 Å². The first-order valence-corrected chi connectivity index (χ1v) is 5.68. The molecule has 0 spiro atoms. The smallest absolute Gasteiger partial charge is 0.0702 e. The molecule has 0 radical (unpaired) electrons. The molecule has 2 nitrogen and oxygen atoms in total. The molecule has 1 aromatic heterocycles. The van der Waals surface area contributed by atoms with Crippen LogP contribution in [0.15, 0.2) is 53.3 Å². The SMILES string of the molecule is NCC(c1ccc(Br)cc1)n1cccc1. The molecule has 0 aliphatic carbocycles. The molecule has 1 atom stereocenters. The maximum absolute atomic E-state index is 5.80. The van der Waals surface area contributed by atoms with Gasteiger partial charge >= 0.3 is 0 Å². The third-order valence-electron chi connectivity index (χ3n) is 2.47. The Kier molecular flexibility index (Phi) is 3.23. The Hall–Kier alpha value is -1.06. The summed E-state index contributed by atoms with van der Waals surface area (Å²) in [5, 5.41) is 0. The average molecular weight is 265 g/mol. The quantitative estimate of drug-likeness (QED) is 0.908. The largest absolute Gasteiger partial charge is 0.346 e. The van der Waals surface area contributed by atoms with Gasteiger partial charge in [-0.15, -0.1) is 0 Å². The van der Waals surface area contributed by atoms with Crippen molar-refractivity contribution in [3.63, 3.8) is 0 Å². The molecule has 2 aromatic rings. The number of hydrogen-bond donors (Lipinski definition) is 1. The predicted molar refractivity (Wildman–Crippen MR) is 65.8 cm³/mol. The second-order valence-electron chi connectivity index (χ2n) is 3.43. The fourth-order valence-electron chi connectivity index (χ4n) is 1.67. The highest BCUT2D eigenvalue weighted by molar-refractivity contribution is 9.10. The third kappa shape index (κ3) is 2.30. The standard InChI is InChI=1S/C12H13BrN2/c13-11-5-3-10(4-6-11)12(9-14)15-7-1-2-8-15/h1-8,12H,9,14H2. The van der Waals surface area contributed by atoms with Gasteiger partial charge in [-0.3, -0.25) is 0 Å². The Bertz CT molecular complexity index is 406. The average Bonchev–Trinajstić information content (AvgIpc) is 2.75. The minimum atomic E-state index is 0.230. The fourth-order valence-corrected chi connectivity index (χ4v) is 1.93. The van der Waals surface area contributed by atoms with E-state index in [0.29, 0.717) is 6.54 Å². The number of rotatable bonds is 3. The van der Waals surface area contributed by atoms with Crippen molar-refractivity contribution in [2.24, 2.45) is 5.73 Å². The molecular weight excluding hydrogens is 252 g/mol. The van der Waals surface area contributed by atoms with Crippen molar-refractivity contribution in [2.45, 2.75) is 6.04 Å². The van der Waals surface area contributed by atoms with Crippen molar-refractivity contribution < 1.29 is 0 Å². The number of benzene rings is 1. The second kappa shape index (κ2) is 4.64. The summed E-state index contributed by atoms with van der Waals surface area (Å²) in [5.74, 6) is 0. The summed E-state index contributed by atoms with van der Waals surface area (Å²) in [6.07, 6.45) is 4.08. The fraction of sp³-hybridized carbons (Fsp3) is 0.167. The van der Waals surface area contributed by atoms with Gasteiger partial charge in [0, 0.05) is 23.4 Å². The van der Waals surface area contributed by atoms with Gasteiger partial charge in [-0.1, -0.05) is 28.1 Å². The lowest BCUT2D eigenvalue weighted by molar-refractivity contribution is 0.598. The molecule has 0 aliphatic rings. The zero-order valence-corrected chi connectivity index (χ0v) is 9.89. The van der Waals surface area contributed by atoms with E-state index in [0.717, 1.165) is 4.47 Å². The van der Waals surface area contributed by atoms with E-state index in [9.17, 15) is 0 Å². The Labute approximate surface area is 97.8 Å². The van der Waals surface area contributed by atoms with Crippen LogP contribution >= 0.6 is 15.9 Å². The van der Waals surface area contributed by atoms with E-state index in [1.165, 1.54) is 5.56 Å². The summed E-state index contributed by atoms with van der Waals surface area (Å²) >= 11 is 3.43. The Balaban J connectivity index is 2.31. The lowest BCUT2D eigenvalue weighted by atomic mass is 10.1. The van der Waals surface area contributed by atoms with E-state index in [1.807, 2.05) is 36.7 Å². The van der Waals surface area contributed by atoms with Crippen molar-refractivity contribution in [3.8, 4) is 0 Å². The van der Waals surface area contributed by atoms with E-state index in [2.05, 4.69) is 32.6 Å². The minimum absolute atomic E-state index is 0.230. The van der Waals surface area contributed by atoms with Crippen molar-refractivity contribution in [2.75, 3.05) is 6.54 Å². The Morgan fingerprint density at radius 2 is 1.73 bits per heavy atom. The van der Waals surface area contributed by atoms with Crippen molar-refractivity contribution in [3.05, 3.63) is 58.8 Å². The lowest BCUT2D eigenvalue weighted by Crippen LogP contribution is -2.19. The zero-order chi connectivity index (χ0) is 10.7. The molecule has 0 saturated heterocycles. The van der Waals surface area contributed by atoms with Crippen LogP contribution in [0.25, 0.3) is 0 Å². The van der Waals surface area contributed by atoms with Gasteiger partial charge in [0.05, 0.1) is 6.04 Å². The molecule has 0 saturated carbocycles. The van der Waals surface area contributed by atoms with E-state index in [1.54, 1.807) is 0 Å². The second-order valence-corrected chi connectivity index (χ2v) is 4.35. The lowest BCUT2D eigenvalue weighted by Gasteiger charge is -2.17. The topological polar surface area (TPSA) is 30.9 Å². The number of nitrogens with zero attached hydrogens (tertiary/aromatic N) is 1. The molecule has 2 rings (SSSR count). The van der Waals surface area contributed by atoms with Gasteiger partial charge in [0.15, 0.2) is 0 Å². The molecule has 0 bridgehead atoms. The molecular formula is C12H13BrN2. The first kappa shape index (κ1) is 10.5. The Morgan fingerprint density at radius 3 is 2.27 bits per heavy atom. The van der Waals surface area contributed by atoms with Crippen LogP contribution in [0.3, 0.4) is 0 Å². The summed E-state index contributed by atoms with van der Waals surface area (Å²) in [6.45, 7) is 0.607. The van der Waals surface area contributed by atoms with Crippen molar-refractivity contribution >= 4 is 15.9 Å². The maximum atomic E-state index is 5.80. The summed E-state index contributed by atoms with van der Waals surface area (Å²) in [4.78, 5) is 0. The monoisotopic (exact) mass is 264 g/mol. The molecule has 3 heteroatoms. The highest BCUT2D eigenvalue weighted by Crippen LogP contribution is 2.19. The van der Waals surface area contributed by atoms with Crippen LogP contribution in [0.1, 0.15) is 11.6 Å². The molecule has 15 heavy (non-hydrogen) atoms. The zero-order valence-electron chi connectivity index (χ0n) is 8.31. The molecule has 2 N–H and O–H groups in total. The molecule has 1 heterocycles. The van der Waals surface area contributed by atoms with Gasteiger partial charge < -0.3 is 10.3 Å². The van der Waals surface area contributed by atoms with E-state index in [4.69, 9.17) is 5.73 Å². The normalized spacial score (nSPS) is 12.7. The van der Waals surface area contributed by atoms with E-state index < -0.39 is 0 Å². The highest BCUT2D eigenvalue weighted by atomic mass is 79.9. The van der Waals surface area contributed by atoms with Gasteiger partial charge in [-0.25, -0.2) is 0 Å². The molecule has 0 fully saturated rings. The number of aromatic nitrogens is 1. The minimum Gasteiger partial charge on any atom is -0.346 e. The molecule has 0 aliphatic heterocycles. The summed E-state index contributed by atoms with van der Waals surface area (Å²) in [6, 6.07) is 12.5. The van der Waals surface area contributed by atoms with Gasteiger partial charge in [-0.05, 0) is 29.8 Å². The van der Waals surface area contributed by atoms with Crippen molar-refractivity contribution in [1.29, 1.82) is 0 Å². The Morgan fingerprint density at radius 1 is 1.13 bits per heavy atom. The number of nitrogens with two attached hydrogens (primary N) is 1. The molecule has 1 aromatic carbocycles. The first-order chi connectivity index (χ1) is 7.31. The first-order valence-electron chi connectivity index (χ1n) is 4.89. The summed E-state index contributed by atoms with van der Waals surface area (Å²) in [7, 11) is 0. The van der Waals surface area contributed by atoms with Crippen LogP contribution in [-0.4, -0.2) is 11.1 Å². The molecule has 1 unspecified atom stereocenters. The molecule has 0 amide bonds. The number of halogens is 1. The van der Waals surface area contributed by atoms with E-state index >= 15 is 0 Å². The van der Waals surface area contributed by atoms with Gasteiger partial charge in [0.1, 0.15) is 0 Å². The predicted octanol–water partition coefficient (Wildman–Crippen LogP) is 2.80. The van der Waals surface area contributed by atoms with Crippen LogP contribution in [0, 0.1) is 0 Å². The van der Waals surface area contributed by atoms with E-state index in [-0.39, 0.29) is 6.04 Å². The molecule has 78 valence electrons. The summed E-state index contributed by atoms with van der Waals surface area (Å²) in [5.41, 5.74) is 7.03. The van der Waals surface area contributed by atoms with Crippen LogP contribution in [0.4, 0.5) is 0 Å². The van der Waals surface area contributed by atoms with Crippen LogP contribution in [0.5, 0.6) is 0 Å². The van der Waals surface area contributed by atoms with Gasteiger partial charge in [0.2, 0.25) is 0 Å². The highest BCUT2D eigenvalue weighted by Gasteiger charge is 2.09.